The van der Waals surface area contributed by atoms with Crippen molar-refractivity contribution in [2.24, 2.45) is 0 Å². The minimum Gasteiger partial charge on any atom is -0.465 e. The summed E-state index contributed by atoms with van der Waals surface area (Å²) in [6.07, 6.45) is 0. The molecule has 0 aliphatic heterocycles. The predicted molar refractivity (Wildman–Crippen MR) is 69.2 cm³/mol. The minimum atomic E-state index is -0.291. The highest BCUT2D eigenvalue weighted by atomic mass is 35.5. The van der Waals surface area contributed by atoms with Crippen molar-refractivity contribution in [3.63, 3.8) is 0 Å². The molecule has 0 atom stereocenters. The van der Waals surface area contributed by atoms with E-state index in [9.17, 15) is 4.79 Å². The zero-order chi connectivity index (χ0) is 12.5. The van der Waals surface area contributed by atoms with E-state index in [-0.39, 0.29) is 5.97 Å². The Morgan fingerprint density at radius 1 is 0.941 bits per heavy atom. The molecule has 2 rings (SSSR count). The molecule has 0 saturated carbocycles. The summed E-state index contributed by atoms with van der Waals surface area (Å²) in [4.78, 5) is 10.8. The standard InChI is InChI=1S/C8H8O2.C6H5Cl/c1-10-8(9)7-5-3-2-4-6-7;7-6-4-2-1-3-5-6/h2-6H,1H3;1-5H. The van der Waals surface area contributed by atoms with E-state index in [2.05, 4.69) is 4.74 Å². The van der Waals surface area contributed by atoms with E-state index < -0.39 is 0 Å². The van der Waals surface area contributed by atoms with Crippen molar-refractivity contribution in [2.45, 2.75) is 0 Å². The van der Waals surface area contributed by atoms with Gasteiger partial charge >= 0.3 is 5.97 Å². The lowest BCUT2D eigenvalue weighted by atomic mass is 10.2. The Labute approximate surface area is 106 Å². The maximum atomic E-state index is 10.8. The van der Waals surface area contributed by atoms with E-state index in [0.717, 1.165) is 5.02 Å². The molecule has 0 amide bonds. The number of carbonyl (C=O) groups is 1. The number of benzene rings is 2. The van der Waals surface area contributed by atoms with Crippen molar-refractivity contribution in [2.75, 3.05) is 7.11 Å². The highest BCUT2D eigenvalue weighted by Gasteiger charge is 2.00. The van der Waals surface area contributed by atoms with Crippen LogP contribution in [0.2, 0.25) is 5.02 Å². The second-order valence-electron chi connectivity index (χ2n) is 3.15. The fraction of sp³-hybridized carbons (Fsp3) is 0.0714. The Morgan fingerprint density at radius 3 is 1.76 bits per heavy atom. The van der Waals surface area contributed by atoms with Gasteiger partial charge in [0.2, 0.25) is 0 Å². The molecule has 0 aliphatic carbocycles. The van der Waals surface area contributed by atoms with Gasteiger partial charge in [0.05, 0.1) is 12.7 Å². The van der Waals surface area contributed by atoms with Crippen molar-refractivity contribution in [1.82, 2.24) is 0 Å². The first-order valence-electron chi connectivity index (χ1n) is 5.08. The van der Waals surface area contributed by atoms with Gasteiger partial charge in [-0.25, -0.2) is 4.79 Å². The third-order valence-electron chi connectivity index (χ3n) is 1.93. The van der Waals surface area contributed by atoms with Crippen LogP contribution < -0.4 is 0 Å². The number of hydrogen-bond acceptors (Lipinski definition) is 2. The van der Waals surface area contributed by atoms with Crippen molar-refractivity contribution < 1.29 is 9.53 Å². The van der Waals surface area contributed by atoms with E-state index in [0.29, 0.717) is 5.56 Å². The molecular weight excluding hydrogens is 236 g/mol. The van der Waals surface area contributed by atoms with Crippen LogP contribution in [-0.4, -0.2) is 13.1 Å². The van der Waals surface area contributed by atoms with Gasteiger partial charge in [0, 0.05) is 5.02 Å². The summed E-state index contributed by atoms with van der Waals surface area (Å²) in [6, 6.07) is 18.3. The molecule has 2 aromatic rings. The van der Waals surface area contributed by atoms with Gasteiger partial charge in [0.1, 0.15) is 0 Å². The van der Waals surface area contributed by atoms with Crippen LogP contribution in [0, 0.1) is 0 Å². The first kappa shape index (κ1) is 13.3. The lowest BCUT2D eigenvalue weighted by molar-refractivity contribution is 0.0601. The van der Waals surface area contributed by atoms with Crippen LogP contribution in [0.25, 0.3) is 0 Å². The molecule has 0 aromatic heterocycles. The van der Waals surface area contributed by atoms with Crippen molar-refractivity contribution in [3.8, 4) is 0 Å². The first-order chi connectivity index (χ1) is 8.24. The summed E-state index contributed by atoms with van der Waals surface area (Å²) in [5, 5.41) is 0.794. The third kappa shape index (κ3) is 5.18. The van der Waals surface area contributed by atoms with Gasteiger partial charge in [-0.3, -0.25) is 0 Å². The van der Waals surface area contributed by atoms with Crippen molar-refractivity contribution in [1.29, 1.82) is 0 Å². The lowest BCUT2D eigenvalue weighted by Crippen LogP contribution is -1.99. The summed E-state index contributed by atoms with van der Waals surface area (Å²) in [7, 11) is 1.37. The van der Waals surface area contributed by atoms with Crippen LogP contribution in [0.5, 0.6) is 0 Å². The summed E-state index contributed by atoms with van der Waals surface area (Å²) in [6.45, 7) is 0. The molecule has 0 heterocycles. The topological polar surface area (TPSA) is 26.3 Å². The molecule has 0 saturated heterocycles. The fourth-order valence-electron chi connectivity index (χ4n) is 1.11. The Morgan fingerprint density at radius 2 is 1.41 bits per heavy atom. The lowest BCUT2D eigenvalue weighted by Gasteiger charge is -1.95. The van der Waals surface area contributed by atoms with Crippen LogP contribution in [0.3, 0.4) is 0 Å². The molecule has 0 bridgehead atoms. The Hall–Kier alpha value is -1.80. The highest BCUT2D eigenvalue weighted by Crippen LogP contribution is 2.03. The molecule has 2 aromatic carbocycles. The van der Waals surface area contributed by atoms with Crippen LogP contribution in [0.1, 0.15) is 10.4 Å². The average Bonchev–Trinajstić information content (AvgIpc) is 2.40. The minimum absolute atomic E-state index is 0.291. The molecule has 0 aliphatic rings. The van der Waals surface area contributed by atoms with Gasteiger partial charge in [-0.05, 0) is 24.3 Å². The first-order valence-corrected chi connectivity index (χ1v) is 5.45. The zero-order valence-corrected chi connectivity index (χ0v) is 10.2. The molecule has 0 radical (unpaired) electrons. The maximum absolute atomic E-state index is 10.8. The molecule has 88 valence electrons. The highest BCUT2D eigenvalue weighted by molar-refractivity contribution is 6.30. The summed E-state index contributed by atoms with van der Waals surface area (Å²) >= 11 is 5.54. The molecule has 3 heteroatoms. The average molecular weight is 249 g/mol. The van der Waals surface area contributed by atoms with Gasteiger partial charge in [-0.15, -0.1) is 0 Å². The smallest absolute Gasteiger partial charge is 0.337 e. The molecule has 0 spiro atoms. The number of esters is 1. The Balaban J connectivity index is 0.000000181. The molecule has 0 fully saturated rings. The monoisotopic (exact) mass is 248 g/mol. The maximum Gasteiger partial charge on any atom is 0.337 e. The summed E-state index contributed by atoms with van der Waals surface area (Å²) < 4.78 is 4.50. The number of ether oxygens (including phenoxy) is 1. The fourth-order valence-corrected chi connectivity index (χ4v) is 1.25. The Bertz CT molecular complexity index is 440. The van der Waals surface area contributed by atoms with E-state index in [1.165, 1.54) is 7.11 Å². The van der Waals surface area contributed by atoms with E-state index in [1.54, 1.807) is 24.3 Å². The number of methoxy groups -OCH3 is 1. The second kappa shape index (κ2) is 7.47. The molecule has 0 N–H and O–H groups in total. The predicted octanol–water partition coefficient (Wildman–Crippen LogP) is 3.81. The molecule has 0 unspecified atom stereocenters. The molecule has 2 nitrogen and oxygen atoms in total. The van der Waals surface area contributed by atoms with Gasteiger partial charge in [0.15, 0.2) is 0 Å². The third-order valence-corrected chi connectivity index (χ3v) is 2.18. The van der Waals surface area contributed by atoms with Crippen LogP contribution in [0.4, 0.5) is 0 Å². The van der Waals surface area contributed by atoms with E-state index in [4.69, 9.17) is 11.6 Å². The normalized spacial score (nSPS) is 8.82. The SMILES string of the molecule is COC(=O)c1ccccc1.Clc1ccccc1. The van der Waals surface area contributed by atoms with E-state index in [1.807, 2.05) is 36.4 Å². The van der Waals surface area contributed by atoms with Crippen molar-refractivity contribution in [3.05, 3.63) is 71.2 Å². The number of carbonyl (C=O) groups excluding carboxylic acids is 1. The number of rotatable bonds is 1. The second-order valence-corrected chi connectivity index (χ2v) is 3.59. The molecule has 17 heavy (non-hydrogen) atoms. The molecular formula is C14H13ClO2. The summed E-state index contributed by atoms with van der Waals surface area (Å²) in [5.41, 5.74) is 0.588. The summed E-state index contributed by atoms with van der Waals surface area (Å²) in [5.74, 6) is -0.291. The number of halogens is 1. The van der Waals surface area contributed by atoms with Gasteiger partial charge in [-0.1, -0.05) is 48.0 Å². The van der Waals surface area contributed by atoms with Gasteiger partial charge in [0.25, 0.3) is 0 Å². The zero-order valence-electron chi connectivity index (χ0n) is 9.47. The van der Waals surface area contributed by atoms with Crippen LogP contribution in [-0.2, 0) is 4.74 Å². The largest absolute Gasteiger partial charge is 0.465 e. The van der Waals surface area contributed by atoms with Gasteiger partial charge in [-0.2, -0.15) is 0 Å². The van der Waals surface area contributed by atoms with Gasteiger partial charge < -0.3 is 4.74 Å². The van der Waals surface area contributed by atoms with Crippen LogP contribution >= 0.6 is 11.6 Å². The number of hydrogen-bond donors (Lipinski definition) is 0. The van der Waals surface area contributed by atoms with Crippen molar-refractivity contribution >= 4 is 17.6 Å². The van der Waals surface area contributed by atoms with E-state index >= 15 is 0 Å². The van der Waals surface area contributed by atoms with Crippen LogP contribution in [0.15, 0.2) is 60.7 Å². The quantitative estimate of drug-likeness (QED) is 0.718. The Kier molecular flexibility index (Phi) is 5.83.